The van der Waals surface area contributed by atoms with Crippen LogP contribution < -0.4 is 5.32 Å². The topological polar surface area (TPSA) is 75.4 Å². The number of rotatable bonds is 7. The zero-order valence-electron chi connectivity index (χ0n) is 18.4. The van der Waals surface area contributed by atoms with Crippen molar-refractivity contribution in [2.24, 2.45) is 0 Å². The number of anilines is 1. The Morgan fingerprint density at radius 1 is 1.03 bits per heavy atom. The van der Waals surface area contributed by atoms with Crippen LogP contribution in [0.3, 0.4) is 0 Å². The highest BCUT2D eigenvalue weighted by atomic mass is 16.5. The van der Waals surface area contributed by atoms with Crippen molar-refractivity contribution >= 4 is 5.69 Å². The second-order valence-corrected chi connectivity index (χ2v) is 8.84. The van der Waals surface area contributed by atoms with E-state index in [1.165, 1.54) is 11.1 Å². The van der Waals surface area contributed by atoms with Gasteiger partial charge in [-0.3, -0.25) is 4.90 Å². The van der Waals surface area contributed by atoms with Gasteiger partial charge in [0.1, 0.15) is 5.69 Å². The lowest BCUT2D eigenvalue weighted by Crippen LogP contribution is -2.38. The molecule has 1 unspecified atom stereocenters. The number of benzene rings is 2. The Hall–Kier alpha value is -2.74. The van der Waals surface area contributed by atoms with Crippen molar-refractivity contribution in [2.45, 2.75) is 44.5 Å². The second-order valence-electron chi connectivity index (χ2n) is 8.84. The van der Waals surface area contributed by atoms with Crippen LogP contribution in [0.2, 0.25) is 0 Å². The Bertz CT molecular complexity index is 1010. The lowest BCUT2D eigenvalue weighted by Gasteiger charge is -2.30. The summed E-state index contributed by atoms with van der Waals surface area (Å²) in [5.74, 6) is 0. The summed E-state index contributed by atoms with van der Waals surface area (Å²) in [6.45, 7) is 4.60. The van der Waals surface area contributed by atoms with Crippen LogP contribution in [0, 0.1) is 0 Å². The van der Waals surface area contributed by atoms with Gasteiger partial charge in [0, 0.05) is 50.1 Å². The molecule has 1 fully saturated rings. The zero-order valence-corrected chi connectivity index (χ0v) is 18.4. The Kier molecular flexibility index (Phi) is 6.48. The average Bonchev–Trinajstić information content (AvgIpc) is 3.28. The fraction of sp³-hybridized carbons (Fsp3) is 0.440. The molecule has 7 heteroatoms. The van der Waals surface area contributed by atoms with Gasteiger partial charge >= 0.3 is 0 Å². The standard InChI is InChI=1S/C25H31N5O2/c31-24(16-29-12-9-19-3-1-2-4-21(19)15-29)17-30-18-25(27-28-30)20-5-7-22(8-6-20)26-23-10-13-32-14-11-23/h1-8,18,23-24,26,31H,9-17H2. The number of nitrogens with one attached hydrogen (secondary N) is 1. The predicted molar refractivity (Wildman–Crippen MR) is 124 cm³/mol. The van der Waals surface area contributed by atoms with Gasteiger partial charge in [0.05, 0.1) is 18.8 Å². The van der Waals surface area contributed by atoms with Gasteiger partial charge in [-0.2, -0.15) is 0 Å². The first-order chi connectivity index (χ1) is 15.7. The maximum atomic E-state index is 10.6. The van der Waals surface area contributed by atoms with Gasteiger partial charge in [-0.15, -0.1) is 5.10 Å². The van der Waals surface area contributed by atoms with E-state index in [2.05, 4.69) is 69.1 Å². The van der Waals surface area contributed by atoms with E-state index in [4.69, 9.17) is 4.74 Å². The lowest BCUT2D eigenvalue weighted by molar-refractivity contribution is 0.0884. The van der Waals surface area contributed by atoms with Crippen molar-refractivity contribution in [3.63, 3.8) is 0 Å². The molecular weight excluding hydrogens is 402 g/mol. The smallest absolute Gasteiger partial charge is 0.113 e. The summed E-state index contributed by atoms with van der Waals surface area (Å²) >= 11 is 0. The van der Waals surface area contributed by atoms with Crippen LogP contribution in [-0.4, -0.2) is 63.4 Å². The zero-order chi connectivity index (χ0) is 21.8. The maximum Gasteiger partial charge on any atom is 0.113 e. The number of hydrogen-bond donors (Lipinski definition) is 2. The number of fused-ring (bicyclic) bond motifs is 1. The molecule has 0 amide bonds. The molecule has 2 aromatic carbocycles. The minimum atomic E-state index is -0.485. The molecule has 0 spiro atoms. The number of hydrogen-bond acceptors (Lipinski definition) is 6. The molecule has 3 aromatic rings. The molecule has 0 aliphatic carbocycles. The molecule has 2 N–H and O–H groups in total. The molecule has 32 heavy (non-hydrogen) atoms. The molecule has 0 bridgehead atoms. The highest BCUT2D eigenvalue weighted by Crippen LogP contribution is 2.22. The highest BCUT2D eigenvalue weighted by Gasteiger charge is 2.19. The maximum absolute atomic E-state index is 10.6. The van der Waals surface area contributed by atoms with Crippen LogP contribution in [0.15, 0.2) is 54.7 Å². The van der Waals surface area contributed by atoms with E-state index in [0.29, 0.717) is 19.1 Å². The average molecular weight is 434 g/mol. The van der Waals surface area contributed by atoms with Gasteiger partial charge in [0.25, 0.3) is 0 Å². The van der Waals surface area contributed by atoms with E-state index < -0.39 is 6.10 Å². The van der Waals surface area contributed by atoms with Gasteiger partial charge in [-0.05, 0) is 42.5 Å². The van der Waals surface area contributed by atoms with E-state index >= 15 is 0 Å². The van der Waals surface area contributed by atoms with Crippen molar-refractivity contribution in [1.82, 2.24) is 19.9 Å². The normalized spacial score (nSPS) is 18.3. The molecule has 0 radical (unpaired) electrons. The molecule has 1 saturated heterocycles. The summed E-state index contributed by atoms with van der Waals surface area (Å²) in [4.78, 5) is 2.31. The van der Waals surface area contributed by atoms with Crippen LogP contribution in [0.1, 0.15) is 24.0 Å². The second kappa shape index (κ2) is 9.81. The van der Waals surface area contributed by atoms with Crippen molar-refractivity contribution in [3.05, 3.63) is 65.9 Å². The Balaban J connectivity index is 1.14. The number of aromatic nitrogens is 3. The summed E-state index contributed by atoms with van der Waals surface area (Å²) in [7, 11) is 0. The fourth-order valence-electron chi connectivity index (χ4n) is 4.62. The third-order valence-corrected chi connectivity index (χ3v) is 6.39. The van der Waals surface area contributed by atoms with Crippen LogP contribution in [0.4, 0.5) is 5.69 Å². The number of nitrogens with zero attached hydrogens (tertiary/aromatic N) is 4. The Morgan fingerprint density at radius 3 is 2.62 bits per heavy atom. The molecule has 3 heterocycles. The molecule has 1 atom stereocenters. The van der Waals surface area contributed by atoms with Gasteiger partial charge in [-0.25, -0.2) is 4.68 Å². The summed E-state index contributed by atoms with van der Waals surface area (Å²) in [6, 6.07) is 17.4. The fourth-order valence-corrected chi connectivity index (χ4v) is 4.62. The van der Waals surface area contributed by atoms with Gasteiger partial charge in [-0.1, -0.05) is 41.6 Å². The summed E-state index contributed by atoms with van der Waals surface area (Å²) in [5.41, 5.74) is 5.75. The highest BCUT2D eigenvalue weighted by molar-refractivity contribution is 5.61. The first-order valence-electron chi connectivity index (χ1n) is 11.5. The van der Waals surface area contributed by atoms with Crippen molar-refractivity contribution in [3.8, 4) is 11.3 Å². The lowest BCUT2D eigenvalue weighted by atomic mass is 10.00. The van der Waals surface area contributed by atoms with Crippen molar-refractivity contribution in [1.29, 1.82) is 0 Å². The molecule has 5 rings (SSSR count). The molecule has 2 aliphatic rings. The quantitative estimate of drug-likeness (QED) is 0.597. The Morgan fingerprint density at radius 2 is 1.81 bits per heavy atom. The van der Waals surface area contributed by atoms with Crippen LogP contribution in [0.25, 0.3) is 11.3 Å². The molecule has 2 aliphatic heterocycles. The predicted octanol–water partition coefficient (Wildman–Crippen LogP) is 2.96. The minimum Gasteiger partial charge on any atom is -0.390 e. The molecule has 7 nitrogen and oxygen atoms in total. The third kappa shape index (κ3) is 5.18. The van der Waals surface area contributed by atoms with E-state index in [9.17, 15) is 5.11 Å². The van der Waals surface area contributed by atoms with Gasteiger partial charge < -0.3 is 15.2 Å². The Labute approximate surface area is 189 Å². The number of aliphatic hydroxyl groups excluding tert-OH is 1. The SMILES string of the molecule is OC(CN1CCc2ccccc2C1)Cn1cc(-c2ccc(NC3CCOCC3)cc2)nn1. The van der Waals surface area contributed by atoms with Crippen LogP contribution in [0.5, 0.6) is 0 Å². The third-order valence-electron chi connectivity index (χ3n) is 6.39. The van der Waals surface area contributed by atoms with E-state index in [-0.39, 0.29) is 0 Å². The molecule has 0 saturated carbocycles. The number of ether oxygens (including phenoxy) is 1. The number of aliphatic hydroxyl groups is 1. The molecule has 168 valence electrons. The van der Waals surface area contributed by atoms with Crippen LogP contribution in [-0.2, 0) is 24.2 Å². The van der Waals surface area contributed by atoms with Gasteiger partial charge in [0.15, 0.2) is 0 Å². The largest absolute Gasteiger partial charge is 0.390 e. The van der Waals surface area contributed by atoms with Crippen molar-refractivity contribution in [2.75, 3.05) is 31.6 Å². The monoisotopic (exact) mass is 433 g/mol. The van der Waals surface area contributed by atoms with Gasteiger partial charge in [0.2, 0.25) is 0 Å². The molecular formula is C25H31N5O2. The van der Waals surface area contributed by atoms with Crippen LogP contribution >= 0.6 is 0 Å². The van der Waals surface area contributed by atoms with E-state index in [1.54, 1.807) is 4.68 Å². The first-order valence-corrected chi connectivity index (χ1v) is 11.5. The summed E-state index contributed by atoms with van der Waals surface area (Å²) < 4.78 is 7.16. The number of β-amino-alcohol motifs (C(OH)–C–C–N with tert-alkyl or cyclic N) is 1. The van der Waals surface area contributed by atoms with E-state index in [0.717, 1.165) is 62.5 Å². The minimum absolute atomic E-state index is 0.439. The summed E-state index contributed by atoms with van der Waals surface area (Å²) in [6.07, 6.45) is 4.55. The van der Waals surface area contributed by atoms with E-state index in [1.807, 2.05) is 6.20 Å². The molecule has 1 aromatic heterocycles. The first kappa shape index (κ1) is 21.1. The summed E-state index contributed by atoms with van der Waals surface area (Å²) in [5, 5.41) is 22.8. The van der Waals surface area contributed by atoms with Crippen molar-refractivity contribution < 1.29 is 9.84 Å².